The molecule has 0 saturated heterocycles. The third kappa shape index (κ3) is 4.88. The lowest BCUT2D eigenvalue weighted by atomic mass is 10.1. The van der Waals surface area contributed by atoms with E-state index in [1.165, 1.54) is 0 Å². The van der Waals surface area contributed by atoms with E-state index in [9.17, 15) is 0 Å². The number of alkyl halides is 2. The van der Waals surface area contributed by atoms with E-state index in [1.54, 1.807) is 0 Å². The molecule has 0 fully saturated rings. The summed E-state index contributed by atoms with van der Waals surface area (Å²) in [5.74, 6) is 1.42. The molecular weight excluding hydrogens is 439 g/mol. The summed E-state index contributed by atoms with van der Waals surface area (Å²) in [6.45, 7) is 0. The molecule has 0 unspecified atom stereocenters. The van der Waals surface area contributed by atoms with Gasteiger partial charge in [0, 0.05) is 20.7 Å². The summed E-state index contributed by atoms with van der Waals surface area (Å²) in [5, 5.41) is 3.21. The van der Waals surface area contributed by atoms with Crippen molar-refractivity contribution < 1.29 is 4.74 Å². The fourth-order valence-electron chi connectivity index (χ4n) is 1.93. The zero-order chi connectivity index (χ0) is 15.2. The van der Waals surface area contributed by atoms with Gasteiger partial charge in [0.05, 0.1) is 0 Å². The van der Waals surface area contributed by atoms with Crippen LogP contribution in [-0.4, -0.2) is 10.7 Å². The van der Waals surface area contributed by atoms with Crippen LogP contribution >= 0.6 is 55.1 Å². The predicted octanol–water partition coefficient (Wildman–Crippen LogP) is 6.66. The summed E-state index contributed by atoms with van der Waals surface area (Å²) < 4.78 is 5.81. The molecule has 0 saturated carbocycles. The Morgan fingerprint density at radius 1 is 0.762 bits per heavy atom. The fraction of sp³-hybridized carbons (Fsp3) is 0.250. The number of hydrogen-bond acceptors (Lipinski definition) is 1. The molecule has 2 aromatic carbocycles. The van der Waals surface area contributed by atoms with Crippen molar-refractivity contribution in [3.05, 3.63) is 57.6 Å². The van der Waals surface area contributed by atoms with E-state index in [4.69, 9.17) is 27.9 Å². The SMILES string of the molecule is Clc1cc(Oc2ccc(CCBr)c(Cl)c2)ccc1CCBr. The van der Waals surface area contributed by atoms with Crippen molar-refractivity contribution in [2.75, 3.05) is 10.7 Å². The molecule has 0 heterocycles. The lowest BCUT2D eigenvalue weighted by Gasteiger charge is -2.10. The Morgan fingerprint density at radius 2 is 1.19 bits per heavy atom. The summed E-state index contributed by atoms with van der Waals surface area (Å²) in [7, 11) is 0. The number of benzene rings is 2. The second-order valence-corrected chi connectivity index (χ2v) is 6.89. The van der Waals surface area contributed by atoms with E-state index in [-0.39, 0.29) is 0 Å². The lowest BCUT2D eigenvalue weighted by Crippen LogP contribution is -1.91. The van der Waals surface area contributed by atoms with Crippen LogP contribution < -0.4 is 4.74 Å². The third-order valence-electron chi connectivity index (χ3n) is 3.01. The van der Waals surface area contributed by atoms with Crippen LogP contribution in [0.15, 0.2) is 36.4 Å². The minimum absolute atomic E-state index is 0.711. The van der Waals surface area contributed by atoms with Gasteiger partial charge in [-0.05, 0) is 48.2 Å². The van der Waals surface area contributed by atoms with Crippen molar-refractivity contribution in [2.24, 2.45) is 0 Å². The Balaban J connectivity index is 2.14. The van der Waals surface area contributed by atoms with E-state index < -0.39 is 0 Å². The summed E-state index contributed by atoms with van der Waals surface area (Å²) in [5.41, 5.74) is 2.21. The van der Waals surface area contributed by atoms with Crippen LogP contribution in [0.3, 0.4) is 0 Å². The Labute approximate surface area is 151 Å². The zero-order valence-electron chi connectivity index (χ0n) is 11.2. The first-order chi connectivity index (χ1) is 10.1. The average molecular weight is 453 g/mol. The molecule has 0 aromatic heterocycles. The Morgan fingerprint density at radius 3 is 1.52 bits per heavy atom. The molecular formula is C16H14Br2Cl2O. The largest absolute Gasteiger partial charge is 0.457 e. The molecule has 21 heavy (non-hydrogen) atoms. The van der Waals surface area contributed by atoms with Crippen LogP contribution in [0.4, 0.5) is 0 Å². The summed E-state index contributed by atoms with van der Waals surface area (Å²) in [6, 6.07) is 11.5. The molecule has 0 spiro atoms. The molecule has 0 aliphatic heterocycles. The highest BCUT2D eigenvalue weighted by Crippen LogP contribution is 2.30. The zero-order valence-corrected chi connectivity index (χ0v) is 15.9. The molecule has 0 amide bonds. The van der Waals surface area contributed by atoms with Gasteiger partial charge in [-0.2, -0.15) is 0 Å². The fourth-order valence-corrected chi connectivity index (χ4v) is 3.31. The van der Waals surface area contributed by atoms with Gasteiger partial charge in [-0.25, -0.2) is 0 Å². The Kier molecular flexibility index (Phi) is 6.87. The topological polar surface area (TPSA) is 9.23 Å². The van der Waals surface area contributed by atoms with Gasteiger partial charge in [0.2, 0.25) is 0 Å². The molecule has 112 valence electrons. The normalized spacial score (nSPS) is 10.7. The molecule has 0 aliphatic carbocycles. The summed E-state index contributed by atoms with van der Waals surface area (Å²) in [4.78, 5) is 0. The van der Waals surface area contributed by atoms with Gasteiger partial charge in [-0.15, -0.1) is 0 Å². The summed E-state index contributed by atoms with van der Waals surface area (Å²) >= 11 is 19.3. The average Bonchev–Trinajstić information content (AvgIpc) is 2.45. The molecule has 2 aromatic rings. The van der Waals surface area contributed by atoms with Crippen molar-refractivity contribution in [3.8, 4) is 11.5 Å². The van der Waals surface area contributed by atoms with E-state index in [2.05, 4.69) is 31.9 Å². The van der Waals surface area contributed by atoms with Crippen LogP contribution in [0.25, 0.3) is 0 Å². The predicted molar refractivity (Wildman–Crippen MR) is 98.0 cm³/mol. The molecule has 0 atom stereocenters. The molecule has 0 bridgehead atoms. The molecule has 0 aliphatic rings. The second-order valence-electron chi connectivity index (χ2n) is 4.49. The molecule has 2 rings (SSSR count). The monoisotopic (exact) mass is 450 g/mol. The quantitative estimate of drug-likeness (QED) is 0.445. The summed E-state index contributed by atoms with van der Waals surface area (Å²) in [6.07, 6.45) is 1.79. The van der Waals surface area contributed by atoms with Gasteiger partial charge in [0.1, 0.15) is 11.5 Å². The standard InChI is InChI=1S/C16H14Br2Cl2O/c17-7-5-11-1-3-13(9-15(11)19)21-14-4-2-12(6-8-18)16(20)10-14/h1-4,9-10H,5-8H2. The first-order valence-electron chi connectivity index (χ1n) is 6.50. The molecule has 1 nitrogen and oxygen atoms in total. The van der Waals surface area contributed by atoms with Crippen molar-refractivity contribution >= 4 is 55.1 Å². The molecule has 5 heteroatoms. The smallest absolute Gasteiger partial charge is 0.128 e. The second kappa shape index (κ2) is 8.42. The highest BCUT2D eigenvalue weighted by atomic mass is 79.9. The lowest BCUT2D eigenvalue weighted by molar-refractivity contribution is 0.482. The number of rotatable bonds is 6. The van der Waals surface area contributed by atoms with E-state index >= 15 is 0 Å². The number of hydrogen-bond donors (Lipinski definition) is 0. The van der Waals surface area contributed by atoms with E-state index in [0.29, 0.717) is 21.5 Å². The van der Waals surface area contributed by atoms with Crippen LogP contribution in [0, 0.1) is 0 Å². The molecule has 0 radical (unpaired) electrons. The van der Waals surface area contributed by atoms with Crippen LogP contribution in [-0.2, 0) is 12.8 Å². The van der Waals surface area contributed by atoms with Gasteiger partial charge >= 0.3 is 0 Å². The highest BCUT2D eigenvalue weighted by Gasteiger charge is 2.06. The van der Waals surface area contributed by atoms with Gasteiger partial charge < -0.3 is 4.74 Å². The van der Waals surface area contributed by atoms with E-state index in [1.807, 2.05) is 36.4 Å². The minimum atomic E-state index is 0.711. The van der Waals surface area contributed by atoms with Crippen LogP contribution in [0.1, 0.15) is 11.1 Å². The maximum atomic E-state index is 6.24. The van der Waals surface area contributed by atoms with Crippen molar-refractivity contribution in [1.82, 2.24) is 0 Å². The highest BCUT2D eigenvalue weighted by molar-refractivity contribution is 9.09. The van der Waals surface area contributed by atoms with Crippen LogP contribution in [0.5, 0.6) is 11.5 Å². The maximum absolute atomic E-state index is 6.24. The van der Waals surface area contributed by atoms with Crippen molar-refractivity contribution in [2.45, 2.75) is 12.8 Å². The first kappa shape index (κ1) is 17.1. The third-order valence-corrected chi connectivity index (χ3v) is 4.51. The van der Waals surface area contributed by atoms with Crippen molar-refractivity contribution in [1.29, 1.82) is 0 Å². The number of ether oxygens (including phenoxy) is 1. The van der Waals surface area contributed by atoms with Gasteiger partial charge in [0.15, 0.2) is 0 Å². The number of halogens is 4. The van der Waals surface area contributed by atoms with E-state index in [0.717, 1.165) is 34.6 Å². The van der Waals surface area contributed by atoms with Crippen molar-refractivity contribution in [3.63, 3.8) is 0 Å². The minimum Gasteiger partial charge on any atom is -0.457 e. The molecule has 0 N–H and O–H groups in total. The number of aryl methyl sites for hydroxylation is 2. The Bertz CT molecular complexity index is 564. The Hall–Kier alpha value is -0.220. The maximum Gasteiger partial charge on any atom is 0.128 e. The first-order valence-corrected chi connectivity index (χ1v) is 9.50. The van der Waals surface area contributed by atoms with Crippen LogP contribution in [0.2, 0.25) is 10.0 Å². The van der Waals surface area contributed by atoms with Gasteiger partial charge in [-0.1, -0.05) is 67.2 Å². The van der Waals surface area contributed by atoms with Gasteiger partial charge in [-0.3, -0.25) is 0 Å². The van der Waals surface area contributed by atoms with Gasteiger partial charge in [0.25, 0.3) is 0 Å².